The molecule has 1 aliphatic rings. The molecule has 0 bridgehead atoms. The van der Waals surface area contributed by atoms with Crippen molar-refractivity contribution in [3.8, 4) is 0 Å². The number of hydrogen-bond donors (Lipinski definition) is 1. The molecule has 1 aromatic rings. The Bertz CT molecular complexity index is 455. The van der Waals surface area contributed by atoms with Crippen LogP contribution in [0.2, 0.25) is 0 Å². The Balaban J connectivity index is 1.83. The predicted octanol–water partition coefficient (Wildman–Crippen LogP) is 0.928. The number of nitrogens with one attached hydrogen (secondary N) is 1. The van der Waals surface area contributed by atoms with Crippen LogP contribution in [0.3, 0.4) is 0 Å². The summed E-state index contributed by atoms with van der Waals surface area (Å²) in [4.78, 5) is 4.01. The second kappa shape index (κ2) is 6.26. The van der Waals surface area contributed by atoms with Gasteiger partial charge in [-0.05, 0) is 30.9 Å². The minimum absolute atomic E-state index is 0.0680. The van der Waals surface area contributed by atoms with Gasteiger partial charge in [-0.3, -0.25) is 4.98 Å². The van der Waals surface area contributed by atoms with Gasteiger partial charge in [0.05, 0.1) is 12.3 Å². The van der Waals surface area contributed by atoms with Crippen molar-refractivity contribution >= 4 is 10.0 Å². The lowest BCUT2D eigenvalue weighted by Gasteiger charge is -2.22. The van der Waals surface area contributed by atoms with Crippen molar-refractivity contribution in [3.05, 3.63) is 30.1 Å². The van der Waals surface area contributed by atoms with Gasteiger partial charge in [-0.1, -0.05) is 6.07 Å². The average Bonchev–Trinajstić information content (AvgIpc) is 2.38. The Labute approximate surface area is 108 Å². The first-order chi connectivity index (χ1) is 8.66. The van der Waals surface area contributed by atoms with Crippen LogP contribution >= 0.6 is 0 Å². The number of pyridine rings is 1. The molecule has 0 aromatic carbocycles. The van der Waals surface area contributed by atoms with Crippen molar-refractivity contribution in [2.75, 3.05) is 19.8 Å². The molecule has 1 aliphatic heterocycles. The van der Waals surface area contributed by atoms with Gasteiger partial charge in [0.15, 0.2) is 0 Å². The smallest absolute Gasteiger partial charge is 0.217 e. The lowest BCUT2D eigenvalue weighted by atomic mass is 10.0. The van der Waals surface area contributed by atoms with E-state index in [4.69, 9.17) is 4.74 Å². The molecule has 6 heteroatoms. The van der Waals surface area contributed by atoms with Crippen molar-refractivity contribution in [3.63, 3.8) is 0 Å². The third kappa shape index (κ3) is 4.36. The van der Waals surface area contributed by atoms with Gasteiger partial charge in [0, 0.05) is 19.3 Å². The number of ether oxygens (including phenoxy) is 1. The van der Waals surface area contributed by atoms with Gasteiger partial charge in [0.1, 0.15) is 5.75 Å². The average molecular weight is 270 g/mol. The fourth-order valence-corrected chi connectivity index (χ4v) is 3.09. The molecule has 1 aromatic heterocycles. The zero-order valence-corrected chi connectivity index (χ0v) is 11.0. The molecule has 100 valence electrons. The maximum atomic E-state index is 11.9. The van der Waals surface area contributed by atoms with Crippen LogP contribution in [-0.2, 0) is 20.5 Å². The van der Waals surface area contributed by atoms with E-state index in [0.29, 0.717) is 18.8 Å². The molecular formula is C12H18N2O3S. The minimum atomic E-state index is -3.30. The first-order valence-electron chi connectivity index (χ1n) is 6.11. The lowest BCUT2D eigenvalue weighted by Crippen LogP contribution is -2.34. The summed E-state index contributed by atoms with van der Waals surface area (Å²) < 4.78 is 31.6. The maximum Gasteiger partial charge on any atom is 0.217 e. The summed E-state index contributed by atoms with van der Waals surface area (Å²) in [6, 6.07) is 5.26. The number of nitrogens with zero attached hydrogens (tertiary/aromatic N) is 1. The van der Waals surface area contributed by atoms with Crippen molar-refractivity contribution in [2.24, 2.45) is 5.92 Å². The Kier molecular flexibility index (Phi) is 4.68. The second-order valence-corrected chi connectivity index (χ2v) is 6.32. The normalized spacial score (nSPS) is 20.8. The summed E-state index contributed by atoms with van der Waals surface area (Å²) >= 11 is 0. The van der Waals surface area contributed by atoms with E-state index in [1.807, 2.05) is 0 Å². The van der Waals surface area contributed by atoms with E-state index < -0.39 is 10.0 Å². The molecule has 2 rings (SSSR count). The van der Waals surface area contributed by atoms with Crippen LogP contribution in [0.5, 0.6) is 0 Å². The molecule has 0 amide bonds. The van der Waals surface area contributed by atoms with Crippen LogP contribution < -0.4 is 4.72 Å². The van der Waals surface area contributed by atoms with Gasteiger partial charge in [0.2, 0.25) is 10.0 Å². The number of sulfonamides is 1. The summed E-state index contributed by atoms with van der Waals surface area (Å²) in [6.07, 6.45) is 3.62. The zero-order valence-electron chi connectivity index (χ0n) is 10.2. The topological polar surface area (TPSA) is 68.3 Å². The molecule has 1 saturated heterocycles. The highest BCUT2D eigenvalue weighted by atomic mass is 32.2. The van der Waals surface area contributed by atoms with Gasteiger partial charge in [-0.15, -0.1) is 0 Å². The fourth-order valence-electron chi connectivity index (χ4n) is 1.94. The van der Waals surface area contributed by atoms with Gasteiger partial charge < -0.3 is 4.74 Å². The van der Waals surface area contributed by atoms with E-state index in [1.54, 1.807) is 24.4 Å². The first-order valence-corrected chi connectivity index (χ1v) is 7.76. The maximum absolute atomic E-state index is 11.9. The Morgan fingerprint density at radius 2 is 2.33 bits per heavy atom. The number of rotatable bonds is 5. The zero-order chi connectivity index (χ0) is 12.8. The standard InChI is InChI=1S/C12H18N2O3S/c15-18(16,10-12-5-1-2-6-13-12)14-8-11-4-3-7-17-9-11/h1-2,5-6,11,14H,3-4,7-10H2. The van der Waals surface area contributed by atoms with E-state index in [2.05, 4.69) is 9.71 Å². The van der Waals surface area contributed by atoms with Crippen molar-refractivity contribution in [1.82, 2.24) is 9.71 Å². The van der Waals surface area contributed by atoms with Crippen LogP contribution in [0.15, 0.2) is 24.4 Å². The minimum Gasteiger partial charge on any atom is -0.381 e. The molecule has 2 heterocycles. The van der Waals surface area contributed by atoms with E-state index in [1.165, 1.54) is 0 Å². The van der Waals surface area contributed by atoms with Gasteiger partial charge in [-0.25, -0.2) is 13.1 Å². The molecular weight excluding hydrogens is 252 g/mol. The monoisotopic (exact) mass is 270 g/mol. The SMILES string of the molecule is O=S(=O)(Cc1ccccn1)NCC1CCCOC1. The number of hydrogen-bond acceptors (Lipinski definition) is 4. The van der Waals surface area contributed by atoms with E-state index in [9.17, 15) is 8.42 Å². The first kappa shape index (κ1) is 13.5. The molecule has 0 radical (unpaired) electrons. The Hall–Kier alpha value is -0.980. The van der Waals surface area contributed by atoms with Crippen molar-refractivity contribution < 1.29 is 13.2 Å². The van der Waals surface area contributed by atoms with Gasteiger partial charge in [0.25, 0.3) is 0 Å². The third-order valence-corrected chi connectivity index (χ3v) is 4.19. The molecule has 1 atom stereocenters. The molecule has 0 spiro atoms. The van der Waals surface area contributed by atoms with Gasteiger partial charge >= 0.3 is 0 Å². The summed E-state index contributed by atoms with van der Waals surface area (Å²) in [5, 5.41) is 0. The fraction of sp³-hybridized carbons (Fsp3) is 0.583. The Morgan fingerprint density at radius 3 is 3.00 bits per heavy atom. The number of aromatic nitrogens is 1. The van der Waals surface area contributed by atoms with Crippen LogP contribution in [0.4, 0.5) is 0 Å². The predicted molar refractivity (Wildman–Crippen MR) is 68.4 cm³/mol. The van der Waals surface area contributed by atoms with Crippen LogP contribution in [0, 0.1) is 5.92 Å². The molecule has 1 unspecified atom stereocenters. The van der Waals surface area contributed by atoms with E-state index in [-0.39, 0.29) is 11.7 Å². The van der Waals surface area contributed by atoms with Crippen LogP contribution in [-0.4, -0.2) is 33.2 Å². The van der Waals surface area contributed by atoms with E-state index >= 15 is 0 Å². The summed E-state index contributed by atoms with van der Waals surface area (Å²) in [6.45, 7) is 1.89. The van der Waals surface area contributed by atoms with Gasteiger partial charge in [-0.2, -0.15) is 0 Å². The highest BCUT2D eigenvalue weighted by Crippen LogP contribution is 2.12. The van der Waals surface area contributed by atoms with Crippen molar-refractivity contribution in [2.45, 2.75) is 18.6 Å². The van der Waals surface area contributed by atoms with Crippen molar-refractivity contribution in [1.29, 1.82) is 0 Å². The molecule has 18 heavy (non-hydrogen) atoms. The lowest BCUT2D eigenvalue weighted by molar-refractivity contribution is 0.0568. The van der Waals surface area contributed by atoms with E-state index in [0.717, 1.165) is 19.4 Å². The van der Waals surface area contributed by atoms with Crippen LogP contribution in [0.1, 0.15) is 18.5 Å². The Morgan fingerprint density at radius 1 is 1.44 bits per heavy atom. The molecule has 0 aliphatic carbocycles. The summed E-state index contributed by atoms with van der Waals surface area (Å²) in [5.74, 6) is 0.221. The molecule has 1 fully saturated rings. The highest BCUT2D eigenvalue weighted by Gasteiger charge is 2.18. The molecule has 5 nitrogen and oxygen atoms in total. The highest BCUT2D eigenvalue weighted by molar-refractivity contribution is 7.88. The quantitative estimate of drug-likeness (QED) is 0.864. The van der Waals surface area contributed by atoms with Crippen LogP contribution in [0.25, 0.3) is 0 Å². The summed E-state index contributed by atoms with van der Waals surface area (Å²) in [7, 11) is -3.30. The third-order valence-electron chi connectivity index (χ3n) is 2.91. The largest absolute Gasteiger partial charge is 0.381 e. The molecule has 0 saturated carbocycles. The second-order valence-electron chi connectivity index (χ2n) is 4.51. The molecule has 1 N–H and O–H groups in total. The summed E-state index contributed by atoms with van der Waals surface area (Å²) in [5.41, 5.74) is 0.560.